The highest BCUT2D eigenvalue weighted by Gasteiger charge is 2.46. The van der Waals surface area contributed by atoms with E-state index < -0.39 is 5.92 Å². The van der Waals surface area contributed by atoms with Gasteiger partial charge in [-0.2, -0.15) is 0 Å². The van der Waals surface area contributed by atoms with Crippen molar-refractivity contribution in [3.63, 3.8) is 0 Å². The molecule has 0 saturated carbocycles. The number of Topliss-reactive ketones (excluding diaryl/α,β-unsaturated/α-hetero) is 2. The lowest BCUT2D eigenvalue weighted by molar-refractivity contribution is -0.119. The molecule has 0 radical (unpaired) electrons. The molecule has 2 aromatic rings. The summed E-state index contributed by atoms with van der Waals surface area (Å²) in [5.41, 5.74) is 4.18. The molecular formula is C31H32Cl2N2O4. The summed E-state index contributed by atoms with van der Waals surface area (Å²) in [6, 6.07) is 12.2. The van der Waals surface area contributed by atoms with E-state index in [0.717, 1.165) is 29.8 Å². The number of ketones is 2. The molecule has 0 atom stereocenters. The predicted octanol–water partition coefficient (Wildman–Crippen LogP) is 6.98. The van der Waals surface area contributed by atoms with Crippen molar-refractivity contribution in [3.05, 3.63) is 80.6 Å². The van der Waals surface area contributed by atoms with E-state index in [9.17, 15) is 14.4 Å². The lowest BCUT2D eigenvalue weighted by Gasteiger charge is -2.44. The normalized spacial score (nSPS) is 20.3. The van der Waals surface area contributed by atoms with Crippen LogP contribution in [0.3, 0.4) is 0 Å². The van der Waals surface area contributed by atoms with Crippen LogP contribution in [0.5, 0.6) is 5.75 Å². The maximum absolute atomic E-state index is 13.5. The Balaban J connectivity index is 1.43. The van der Waals surface area contributed by atoms with Crippen molar-refractivity contribution in [2.24, 2.45) is 10.8 Å². The summed E-state index contributed by atoms with van der Waals surface area (Å²) in [7, 11) is 0. The molecule has 8 heteroatoms. The number of nitrogens with one attached hydrogen (secondary N) is 2. The van der Waals surface area contributed by atoms with E-state index in [1.165, 1.54) is 0 Å². The average molecular weight is 568 g/mol. The molecule has 39 heavy (non-hydrogen) atoms. The first-order valence-corrected chi connectivity index (χ1v) is 13.8. The predicted molar refractivity (Wildman–Crippen MR) is 153 cm³/mol. The van der Waals surface area contributed by atoms with Crippen LogP contribution in [-0.2, 0) is 14.4 Å². The monoisotopic (exact) mass is 566 g/mol. The molecule has 2 N–H and O–H groups in total. The molecule has 3 aliphatic rings. The standard InChI is InChI=1S/C31H32Cl2N2O4/c1-30(2)12-22-28(24(36)14-30)27(29-23(35-22)13-31(3,4)15-25(29)37)17-6-5-7-19(10-17)39-16-26(38)34-18-8-9-20(32)21(33)11-18/h5-11,27,35H,12-16H2,1-4H3,(H,34,38). The minimum absolute atomic E-state index is 0.0651. The van der Waals surface area contributed by atoms with E-state index in [2.05, 4.69) is 38.3 Å². The quantitative estimate of drug-likeness (QED) is 0.407. The van der Waals surface area contributed by atoms with Gasteiger partial charge in [0, 0.05) is 47.0 Å². The number of benzene rings is 2. The number of hydrogen-bond acceptors (Lipinski definition) is 5. The van der Waals surface area contributed by atoms with E-state index in [0.29, 0.717) is 45.5 Å². The minimum atomic E-state index is -0.461. The molecular weight excluding hydrogens is 535 g/mol. The molecule has 1 amide bonds. The zero-order chi connectivity index (χ0) is 28.1. The van der Waals surface area contributed by atoms with Gasteiger partial charge in [-0.15, -0.1) is 0 Å². The van der Waals surface area contributed by atoms with Gasteiger partial charge in [-0.25, -0.2) is 0 Å². The first-order chi connectivity index (χ1) is 18.3. The van der Waals surface area contributed by atoms with E-state index in [4.69, 9.17) is 27.9 Å². The summed E-state index contributed by atoms with van der Waals surface area (Å²) in [5, 5.41) is 7.01. The van der Waals surface area contributed by atoms with Crippen LogP contribution in [-0.4, -0.2) is 24.1 Å². The first-order valence-electron chi connectivity index (χ1n) is 13.1. The van der Waals surface area contributed by atoms with E-state index in [1.807, 2.05) is 18.2 Å². The Kier molecular flexibility index (Phi) is 7.15. The highest BCUT2D eigenvalue weighted by molar-refractivity contribution is 6.42. The van der Waals surface area contributed by atoms with Crippen molar-refractivity contribution in [2.75, 3.05) is 11.9 Å². The van der Waals surface area contributed by atoms with Crippen LogP contribution in [0.4, 0.5) is 5.69 Å². The van der Waals surface area contributed by atoms with E-state index in [1.54, 1.807) is 24.3 Å². The highest BCUT2D eigenvalue weighted by Crippen LogP contribution is 2.51. The molecule has 1 aliphatic heterocycles. The topological polar surface area (TPSA) is 84.5 Å². The Bertz CT molecular complexity index is 1400. The van der Waals surface area contributed by atoms with Gasteiger partial charge in [0.1, 0.15) is 5.75 Å². The lowest BCUT2D eigenvalue weighted by atomic mass is 9.64. The minimum Gasteiger partial charge on any atom is -0.484 e. The van der Waals surface area contributed by atoms with Gasteiger partial charge in [-0.05, 0) is 59.6 Å². The molecule has 0 fully saturated rings. The van der Waals surface area contributed by atoms with Crippen molar-refractivity contribution < 1.29 is 19.1 Å². The number of hydrogen-bond donors (Lipinski definition) is 2. The van der Waals surface area contributed by atoms with Crippen molar-refractivity contribution >= 4 is 46.4 Å². The zero-order valence-electron chi connectivity index (χ0n) is 22.5. The van der Waals surface area contributed by atoms with Gasteiger partial charge in [0.2, 0.25) is 0 Å². The number of dihydropyridines is 1. The van der Waals surface area contributed by atoms with Crippen LogP contribution in [0.2, 0.25) is 10.0 Å². The Morgan fingerprint density at radius 1 is 0.897 bits per heavy atom. The molecule has 2 aromatic carbocycles. The fraction of sp³-hybridized carbons (Fsp3) is 0.387. The van der Waals surface area contributed by atoms with Crippen LogP contribution >= 0.6 is 23.2 Å². The second-order valence-corrected chi connectivity index (χ2v) is 13.1. The molecule has 0 aromatic heterocycles. The van der Waals surface area contributed by atoms with Gasteiger partial charge in [-0.1, -0.05) is 63.0 Å². The Labute approximate surface area is 238 Å². The van der Waals surface area contributed by atoms with Crippen LogP contribution in [0, 0.1) is 10.8 Å². The summed E-state index contributed by atoms with van der Waals surface area (Å²) in [4.78, 5) is 39.6. The van der Waals surface area contributed by atoms with Gasteiger partial charge in [0.25, 0.3) is 5.91 Å². The summed E-state index contributed by atoms with van der Waals surface area (Å²) in [6.45, 7) is 8.18. The van der Waals surface area contributed by atoms with Crippen molar-refractivity contribution in [3.8, 4) is 5.75 Å². The molecule has 1 heterocycles. The van der Waals surface area contributed by atoms with Gasteiger partial charge in [0.15, 0.2) is 18.2 Å². The second kappa shape index (κ2) is 10.1. The lowest BCUT2D eigenvalue weighted by Crippen LogP contribution is -2.42. The van der Waals surface area contributed by atoms with Gasteiger partial charge >= 0.3 is 0 Å². The second-order valence-electron chi connectivity index (χ2n) is 12.3. The van der Waals surface area contributed by atoms with Gasteiger partial charge < -0.3 is 15.4 Å². The maximum Gasteiger partial charge on any atom is 0.262 e. The van der Waals surface area contributed by atoms with Crippen LogP contribution in [0.25, 0.3) is 0 Å². The van der Waals surface area contributed by atoms with Gasteiger partial charge in [-0.3, -0.25) is 14.4 Å². The molecule has 5 rings (SSSR count). The fourth-order valence-corrected chi connectivity index (χ4v) is 6.22. The number of carbonyl (C=O) groups is 3. The van der Waals surface area contributed by atoms with Crippen molar-refractivity contribution in [2.45, 2.75) is 59.3 Å². The number of allylic oxidation sites excluding steroid dienone is 4. The third-order valence-electron chi connectivity index (χ3n) is 7.48. The SMILES string of the molecule is CC1(C)CC(=O)C2=C(C1)NC1=C(C(=O)CC(C)(C)C1)C2c1cccc(OCC(=O)Nc2ccc(Cl)c(Cl)c2)c1. The van der Waals surface area contributed by atoms with Crippen molar-refractivity contribution in [1.82, 2.24) is 5.32 Å². The van der Waals surface area contributed by atoms with E-state index in [-0.39, 0.29) is 34.9 Å². The number of carbonyl (C=O) groups excluding carboxylic acids is 3. The molecule has 0 bridgehead atoms. The Hall–Kier alpha value is -3.09. The highest BCUT2D eigenvalue weighted by atomic mass is 35.5. The Morgan fingerprint density at radius 2 is 1.51 bits per heavy atom. The molecule has 6 nitrogen and oxygen atoms in total. The van der Waals surface area contributed by atoms with E-state index >= 15 is 0 Å². The van der Waals surface area contributed by atoms with Crippen molar-refractivity contribution in [1.29, 1.82) is 0 Å². The molecule has 0 unspecified atom stereocenters. The molecule has 204 valence electrons. The molecule has 2 aliphatic carbocycles. The third kappa shape index (κ3) is 5.78. The van der Waals surface area contributed by atoms with Crippen LogP contribution in [0.1, 0.15) is 64.9 Å². The number of amides is 1. The zero-order valence-corrected chi connectivity index (χ0v) is 24.1. The van der Waals surface area contributed by atoms with Crippen LogP contribution in [0.15, 0.2) is 65.0 Å². The number of anilines is 1. The van der Waals surface area contributed by atoms with Gasteiger partial charge in [0.05, 0.1) is 10.0 Å². The largest absolute Gasteiger partial charge is 0.484 e. The summed E-state index contributed by atoms with van der Waals surface area (Å²) in [6.07, 6.45) is 2.33. The smallest absolute Gasteiger partial charge is 0.262 e. The third-order valence-corrected chi connectivity index (χ3v) is 8.22. The maximum atomic E-state index is 13.5. The van der Waals surface area contributed by atoms with Crippen LogP contribution < -0.4 is 15.4 Å². The average Bonchev–Trinajstić information content (AvgIpc) is 2.82. The number of ether oxygens (including phenoxy) is 1. The summed E-state index contributed by atoms with van der Waals surface area (Å²) in [5.74, 6) is -0.209. The first kappa shape index (κ1) is 27.5. The number of halogens is 2. The summed E-state index contributed by atoms with van der Waals surface area (Å²) < 4.78 is 5.83. The molecule has 0 saturated heterocycles. The Morgan fingerprint density at radius 3 is 2.10 bits per heavy atom. The fourth-order valence-electron chi connectivity index (χ4n) is 5.93. The molecule has 0 spiro atoms. The number of rotatable bonds is 5. The summed E-state index contributed by atoms with van der Waals surface area (Å²) >= 11 is 12.0.